The molecule has 3 bridgehead atoms. The van der Waals surface area contributed by atoms with Crippen LogP contribution in [0.25, 0.3) is 0 Å². The van der Waals surface area contributed by atoms with Crippen LogP contribution < -0.4 is 0 Å². The largest absolute Gasteiger partial charge is 0.393 e. The van der Waals surface area contributed by atoms with Crippen LogP contribution in [0.5, 0.6) is 0 Å². The van der Waals surface area contributed by atoms with Crippen LogP contribution in [-0.2, 0) is 23.7 Å². The number of ketones is 1. The predicted octanol–water partition coefficient (Wildman–Crippen LogP) is 2.86. The van der Waals surface area contributed by atoms with E-state index in [1.165, 1.54) is 0 Å². The van der Waals surface area contributed by atoms with Gasteiger partial charge in [0, 0.05) is 24.2 Å². The highest BCUT2D eigenvalue weighted by Gasteiger charge is 2.89. The smallest absolute Gasteiger partial charge is 0.284 e. The summed E-state index contributed by atoms with van der Waals surface area (Å²) in [5, 5.41) is 35.2. The van der Waals surface area contributed by atoms with Gasteiger partial charge in [-0.25, -0.2) is 0 Å². The Morgan fingerprint density at radius 3 is 2.47 bits per heavy atom. The van der Waals surface area contributed by atoms with Crippen molar-refractivity contribution in [3.8, 4) is 0 Å². The number of ether oxygens (including phenoxy) is 4. The second-order valence-corrected chi connectivity index (χ2v) is 14.0. The predicted molar refractivity (Wildman–Crippen MR) is 136 cm³/mol. The number of hydrogen-bond donors (Lipinski definition) is 3. The van der Waals surface area contributed by atoms with Gasteiger partial charge in [0.2, 0.25) is 0 Å². The molecule has 0 aromatic rings. The van der Waals surface area contributed by atoms with Gasteiger partial charge in [-0.3, -0.25) is 4.79 Å². The Morgan fingerprint density at radius 2 is 1.76 bits per heavy atom. The molecule has 3 N–H and O–H groups in total. The summed E-state index contributed by atoms with van der Waals surface area (Å²) in [5.41, 5.74) is -4.56. The molecule has 8 nitrogen and oxygen atoms in total. The van der Waals surface area contributed by atoms with Gasteiger partial charge in [-0.05, 0) is 43.1 Å². The first-order chi connectivity index (χ1) is 18.0. The molecule has 2 spiro atoms. The first kappa shape index (κ1) is 26.1. The fraction of sp³-hybridized carbons (Fsp3) is 0.900. The van der Waals surface area contributed by atoms with Crippen LogP contribution in [0.4, 0.5) is 0 Å². The molecule has 0 aromatic carbocycles. The van der Waals surface area contributed by atoms with E-state index in [0.717, 1.165) is 44.1 Å². The van der Waals surface area contributed by atoms with Crippen LogP contribution in [0.2, 0.25) is 0 Å². The van der Waals surface area contributed by atoms with E-state index in [4.69, 9.17) is 18.9 Å². The monoisotopic (exact) mass is 532 g/mol. The minimum absolute atomic E-state index is 0.136. The molecule has 212 valence electrons. The van der Waals surface area contributed by atoms with Gasteiger partial charge in [0.05, 0.1) is 12.2 Å². The number of aliphatic hydroxyl groups excluding tert-OH is 2. The zero-order chi connectivity index (χ0) is 27.0. The van der Waals surface area contributed by atoms with Gasteiger partial charge in [-0.2, -0.15) is 0 Å². The van der Waals surface area contributed by atoms with Crippen LogP contribution in [-0.4, -0.2) is 74.4 Å². The van der Waals surface area contributed by atoms with Gasteiger partial charge in [0.1, 0.15) is 29.5 Å². The van der Waals surface area contributed by atoms with Crippen LogP contribution in [0.3, 0.4) is 0 Å². The topological polar surface area (TPSA) is 118 Å². The normalized spacial score (nSPS) is 60.8. The van der Waals surface area contributed by atoms with E-state index in [0.29, 0.717) is 12.8 Å². The number of Topliss-reactive ketones (excluding diaryl/α,β-unsaturated/α-hetero) is 1. The maximum atomic E-state index is 14.2. The van der Waals surface area contributed by atoms with Gasteiger partial charge in [0.25, 0.3) is 5.97 Å². The highest BCUT2D eigenvalue weighted by atomic mass is 16.9. The summed E-state index contributed by atoms with van der Waals surface area (Å²) in [6.07, 6.45) is 4.60. The number of carbonyl (C=O) groups is 1. The summed E-state index contributed by atoms with van der Waals surface area (Å²) in [6.45, 7) is 12.0. The lowest BCUT2D eigenvalue weighted by atomic mass is 9.52. The Morgan fingerprint density at radius 1 is 1.05 bits per heavy atom. The minimum Gasteiger partial charge on any atom is -0.393 e. The Hall–Kier alpha value is -0.870. The lowest BCUT2D eigenvalue weighted by molar-refractivity contribution is -0.436. The van der Waals surface area contributed by atoms with Crippen molar-refractivity contribution in [2.24, 2.45) is 35.5 Å². The molecule has 4 saturated heterocycles. The molecule has 7 rings (SSSR count). The van der Waals surface area contributed by atoms with Gasteiger partial charge in [-0.15, -0.1) is 0 Å². The Labute approximate surface area is 225 Å². The summed E-state index contributed by atoms with van der Waals surface area (Å²) >= 11 is 0. The lowest BCUT2D eigenvalue weighted by Gasteiger charge is -2.61. The SMILES string of the molecule is C=C(C)[C@]12C[C@@H](C)[C@@]34OC5(CCCCCCC[C@H](C)C6[C@H](C)C(=O)[C@@](O)([C@H](O)[C@@]7(CO)O[C@H]7C3[C@@H]1O5)[C@@H]64)O2. The Balaban J connectivity index is 1.51. The molecule has 4 aliphatic heterocycles. The number of carbonyl (C=O) groups excluding carboxylic acids is 1. The maximum absolute atomic E-state index is 14.2. The van der Waals surface area contributed by atoms with Crippen molar-refractivity contribution in [1.29, 1.82) is 0 Å². The summed E-state index contributed by atoms with van der Waals surface area (Å²) in [5.74, 6) is -3.48. The van der Waals surface area contributed by atoms with Gasteiger partial charge in [-0.1, -0.05) is 59.5 Å². The Kier molecular flexibility index (Phi) is 5.42. The average Bonchev–Trinajstić information content (AvgIpc) is 3.52. The third-order valence-corrected chi connectivity index (χ3v) is 12.1. The first-order valence-electron chi connectivity index (χ1n) is 14.9. The summed E-state index contributed by atoms with van der Waals surface area (Å²) in [7, 11) is 0. The third-order valence-electron chi connectivity index (χ3n) is 12.1. The van der Waals surface area contributed by atoms with Crippen LogP contribution in [0.1, 0.15) is 79.1 Å². The molecule has 0 radical (unpaired) electrons. The van der Waals surface area contributed by atoms with Gasteiger partial charge < -0.3 is 34.3 Å². The number of aliphatic hydroxyl groups is 3. The average molecular weight is 533 g/mol. The van der Waals surface area contributed by atoms with E-state index in [9.17, 15) is 20.1 Å². The molecule has 0 amide bonds. The number of fused-ring (bicyclic) bond motifs is 1. The zero-order valence-corrected chi connectivity index (χ0v) is 23.2. The molecule has 3 saturated carbocycles. The van der Waals surface area contributed by atoms with Crippen molar-refractivity contribution >= 4 is 5.78 Å². The summed E-state index contributed by atoms with van der Waals surface area (Å²) in [6, 6.07) is 0. The third kappa shape index (κ3) is 2.74. The van der Waals surface area contributed by atoms with Gasteiger partial charge >= 0.3 is 0 Å². The van der Waals surface area contributed by atoms with Crippen LogP contribution in [0.15, 0.2) is 12.2 Å². The molecule has 0 aromatic heterocycles. The van der Waals surface area contributed by atoms with Crippen molar-refractivity contribution < 1.29 is 39.1 Å². The lowest BCUT2D eigenvalue weighted by Crippen LogP contribution is -2.73. The number of epoxide rings is 1. The molecular weight excluding hydrogens is 488 g/mol. The molecular formula is C30H44O8. The van der Waals surface area contributed by atoms with Crippen LogP contribution in [0, 0.1) is 35.5 Å². The summed E-state index contributed by atoms with van der Waals surface area (Å²) in [4.78, 5) is 14.2. The van der Waals surface area contributed by atoms with Gasteiger partial charge in [0.15, 0.2) is 11.4 Å². The molecule has 7 aliphatic rings. The maximum Gasteiger partial charge on any atom is 0.284 e. The quantitative estimate of drug-likeness (QED) is 0.367. The summed E-state index contributed by atoms with van der Waals surface area (Å²) < 4.78 is 27.2. The van der Waals surface area contributed by atoms with Crippen molar-refractivity contribution in [2.45, 2.75) is 126 Å². The van der Waals surface area contributed by atoms with E-state index in [2.05, 4.69) is 20.4 Å². The first-order valence-corrected chi connectivity index (χ1v) is 14.9. The van der Waals surface area contributed by atoms with Crippen LogP contribution >= 0.6 is 0 Å². The molecule has 14 atom stereocenters. The zero-order valence-electron chi connectivity index (χ0n) is 23.2. The standard InChI is InChI=1S/C30H44O8/c1-15(2)26-13-17(4)30-20-23(26)36-28(37-26,38-30)12-10-8-6-7-9-11-16(3)19-18(5)22(32)29(34,21(19)30)25(33)27(14-31)24(20)35-27/h16-21,23-25,31,33-34H,1,6-14H2,2-5H3/t16-,17+,18-,19?,20?,21+,23-,24-,25+,26+,27-,28?,29+,30+/m0/s1. The number of hydrogen-bond acceptors (Lipinski definition) is 8. The molecule has 3 aliphatic carbocycles. The Bertz CT molecular complexity index is 1060. The molecule has 3 unspecified atom stereocenters. The molecule has 38 heavy (non-hydrogen) atoms. The van der Waals surface area contributed by atoms with E-state index in [1.54, 1.807) is 0 Å². The van der Waals surface area contributed by atoms with E-state index >= 15 is 0 Å². The number of rotatable bonds is 2. The highest BCUT2D eigenvalue weighted by Crippen LogP contribution is 2.74. The second-order valence-electron chi connectivity index (χ2n) is 14.0. The fourth-order valence-corrected chi connectivity index (χ4v) is 10.4. The highest BCUT2D eigenvalue weighted by molar-refractivity contribution is 5.93. The second kappa shape index (κ2) is 7.90. The minimum atomic E-state index is -2.11. The van der Waals surface area contributed by atoms with Crippen molar-refractivity contribution in [3.05, 3.63) is 12.2 Å². The van der Waals surface area contributed by atoms with E-state index in [1.807, 2.05) is 13.8 Å². The molecule has 7 fully saturated rings. The molecule has 8 heteroatoms. The fourth-order valence-electron chi connectivity index (χ4n) is 10.4. The molecule has 4 heterocycles. The van der Waals surface area contributed by atoms with Crippen molar-refractivity contribution in [3.63, 3.8) is 0 Å². The van der Waals surface area contributed by atoms with Crippen molar-refractivity contribution in [1.82, 2.24) is 0 Å². The van der Waals surface area contributed by atoms with E-state index < -0.39 is 71.0 Å². The van der Waals surface area contributed by atoms with E-state index in [-0.39, 0.29) is 23.5 Å². The van der Waals surface area contributed by atoms with Crippen molar-refractivity contribution in [2.75, 3.05) is 6.61 Å².